The van der Waals surface area contributed by atoms with Crippen molar-refractivity contribution in [2.45, 2.75) is 0 Å². The molecule has 0 aliphatic heterocycles. The summed E-state index contributed by atoms with van der Waals surface area (Å²) in [6.45, 7) is 0. The summed E-state index contributed by atoms with van der Waals surface area (Å²) in [6.07, 6.45) is 3.88. The van der Waals surface area contributed by atoms with E-state index in [-0.39, 0.29) is 5.82 Å². The van der Waals surface area contributed by atoms with Gasteiger partial charge in [0, 0.05) is 5.56 Å². The lowest BCUT2D eigenvalue weighted by atomic mass is 10.0. The van der Waals surface area contributed by atoms with Crippen LogP contribution in [0.4, 0.5) is 10.1 Å². The quantitative estimate of drug-likeness (QED) is 0.409. The second kappa shape index (κ2) is 7.38. The van der Waals surface area contributed by atoms with Crippen molar-refractivity contribution in [3.8, 4) is 0 Å². The summed E-state index contributed by atoms with van der Waals surface area (Å²) in [5.41, 5.74) is 9.73. The number of benzene rings is 3. The summed E-state index contributed by atoms with van der Waals surface area (Å²) >= 11 is 0. The Labute approximate surface area is 140 Å². The average molecular weight is 316 g/mol. The third-order valence-electron chi connectivity index (χ3n) is 3.57. The highest BCUT2D eigenvalue weighted by Gasteiger charge is 2.03. The number of nitrogens with zero attached hydrogens (tertiary/aromatic N) is 1. The van der Waals surface area contributed by atoms with Crippen LogP contribution in [0.15, 0.2) is 83.9 Å². The van der Waals surface area contributed by atoms with Gasteiger partial charge in [-0.1, -0.05) is 66.7 Å². The highest BCUT2D eigenvalue weighted by atomic mass is 19.1. The molecule has 3 aromatic carbocycles. The predicted octanol–water partition coefficient (Wildman–Crippen LogP) is 5.03. The number of aliphatic imine (C=N–C) groups is 1. The highest BCUT2D eigenvalue weighted by molar-refractivity contribution is 6.02. The SMILES string of the molecule is N/C(=N\c1ccccc1)c1ccccc1/C=C/c1ccc(F)cc1. The molecule has 0 aromatic heterocycles. The lowest BCUT2D eigenvalue weighted by molar-refractivity contribution is 0.628. The molecule has 3 heteroatoms. The van der Waals surface area contributed by atoms with Crippen LogP contribution in [-0.4, -0.2) is 5.84 Å². The smallest absolute Gasteiger partial charge is 0.131 e. The third kappa shape index (κ3) is 3.96. The minimum atomic E-state index is -0.244. The summed E-state index contributed by atoms with van der Waals surface area (Å²) in [7, 11) is 0. The number of amidine groups is 1. The molecule has 0 unspecified atom stereocenters. The van der Waals surface area contributed by atoms with Gasteiger partial charge >= 0.3 is 0 Å². The van der Waals surface area contributed by atoms with E-state index < -0.39 is 0 Å². The Bertz CT molecular complexity index is 866. The van der Waals surface area contributed by atoms with Gasteiger partial charge in [0.25, 0.3) is 0 Å². The fraction of sp³-hybridized carbons (Fsp3) is 0. The molecule has 0 atom stereocenters. The van der Waals surface area contributed by atoms with E-state index in [2.05, 4.69) is 4.99 Å². The lowest BCUT2D eigenvalue weighted by Gasteiger charge is -2.06. The molecule has 0 aliphatic rings. The molecular weight excluding hydrogens is 299 g/mol. The van der Waals surface area contributed by atoms with Crippen LogP contribution in [0.2, 0.25) is 0 Å². The van der Waals surface area contributed by atoms with Gasteiger partial charge in [-0.3, -0.25) is 0 Å². The van der Waals surface area contributed by atoms with E-state index in [1.54, 1.807) is 12.1 Å². The van der Waals surface area contributed by atoms with Crippen LogP contribution in [0.1, 0.15) is 16.7 Å². The Kier molecular flexibility index (Phi) is 4.82. The standard InChI is InChI=1S/C21H17FN2/c22-18-14-11-16(12-15-18)10-13-17-6-4-5-9-20(17)21(23)24-19-7-2-1-3-8-19/h1-15H,(H2,23,24)/b13-10+. The van der Waals surface area contributed by atoms with Crippen LogP contribution in [0.5, 0.6) is 0 Å². The molecule has 0 spiro atoms. The van der Waals surface area contributed by atoms with E-state index in [0.29, 0.717) is 5.84 Å². The minimum Gasteiger partial charge on any atom is -0.383 e. The Morgan fingerprint density at radius 1 is 0.792 bits per heavy atom. The second-order valence-electron chi connectivity index (χ2n) is 5.30. The number of hydrogen-bond donors (Lipinski definition) is 1. The van der Waals surface area contributed by atoms with Gasteiger partial charge < -0.3 is 5.73 Å². The molecule has 0 radical (unpaired) electrons. The molecule has 118 valence electrons. The molecule has 0 saturated carbocycles. The van der Waals surface area contributed by atoms with Crippen LogP contribution in [0, 0.1) is 5.82 Å². The van der Waals surface area contributed by atoms with E-state index in [1.807, 2.05) is 66.7 Å². The van der Waals surface area contributed by atoms with Crippen LogP contribution in [0.3, 0.4) is 0 Å². The Morgan fingerprint density at radius 2 is 1.46 bits per heavy atom. The minimum absolute atomic E-state index is 0.244. The van der Waals surface area contributed by atoms with Crippen molar-refractivity contribution in [1.82, 2.24) is 0 Å². The largest absolute Gasteiger partial charge is 0.383 e. The fourth-order valence-electron chi connectivity index (χ4n) is 2.34. The summed E-state index contributed by atoms with van der Waals surface area (Å²) in [6, 6.07) is 23.7. The number of hydrogen-bond acceptors (Lipinski definition) is 1. The first-order valence-corrected chi connectivity index (χ1v) is 7.64. The van der Waals surface area contributed by atoms with Crippen molar-refractivity contribution in [1.29, 1.82) is 0 Å². The van der Waals surface area contributed by atoms with Crippen molar-refractivity contribution >= 4 is 23.7 Å². The Balaban J connectivity index is 1.90. The van der Waals surface area contributed by atoms with Crippen molar-refractivity contribution in [3.05, 3.63) is 101 Å². The lowest BCUT2D eigenvalue weighted by Crippen LogP contribution is -2.14. The van der Waals surface area contributed by atoms with E-state index in [4.69, 9.17) is 5.73 Å². The average Bonchev–Trinajstić information content (AvgIpc) is 2.62. The second-order valence-corrected chi connectivity index (χ2v) is 5.30. The molecule has 0 fully saturated rings. The number of para-hydroxylation sites is 1. The summed E-state index contributed by atoms with van der Waals surface area (Å²) in [4.78, 5) is 4.47. The molecule has 0 heterocycles. The molecular formula is C21H17FN2. The van der Waals surface area contributed by atoms with Crippen LogP contribution >= 0.6 is 0 Å². The maximum absolute atomic E-state index is 13.0. The summed E-state index contributed by atoms with van der Waals surface area (Å²) < 4.78 is 13.0. The van der Waals surface area contributed by atoms with Gasteiger partial charge in [0.05, 0.1) is 5.69 Å². The zero-order chi connectivity index (χ0) is 16.8. The van der Waals surface area contributed by atoms with Crippen molar-refractivity contribution in [2.24, 2.45) is 10.7 Å². The molecule has 0 aliphatic carbocycles. The van der Waals surface area contributed by atoms with Gasteiger partial charge in [0.2, 0.25) is 0 Å². The first-order valence-electron chi connectivity index (χ1n) is 7.64. The van der Waals surface area contributed by atoms with Crippen molar-refractivity contribution in [3.63, 3.8) is 0 Å². The monoisotopic (exact) mass is 316 g/mol. The van der Waals surface area contributed by atoms with Crippen LogP contribution in [0.25, 0.3) is 12.2 Å². The Morgan fingerprint density at radius 3 is 2.21 bits per heavy atom. The van der Waals surface area contributed by atoms with Gasteiger partial charge in [-0.05, 0) is 35.4 Å². The van der Waals surface area contributed by atoms with E-state index >= 15 is 0 Å². The van der Waals surface area contributed by atoms with E-state index in [1.165, 1.54) is 12.1 Å². The van der Waals surface area contributed by atoms with E-state index in [9.17, 15) is 4.39 Å². The maximum Gasteiger partial charge on any atom is 0.131 e. The zero-order valence-electron chi connectivity index (χ0n) is 13.1. The predicted molar refractivity (Wildman–Crippen MR) is 98.6 cm³/mol. The molecule has 3 aromatic rings. The van der Waals surface area contributed by atoms with Gasteiger partial charge in [0.15, 0.2) is 0 Å². The fourth-order valence-corrected chi connectivity index (χ4v) is 2.34. The normalized spacial score (nSPS) is 11.8. The number of halogens is 1. The summed E-state index contributed by atoms with van der Waals surface area (Å²) in [5.74, 6) is 0.215. The highest BCUT2D eigenvalue weighted by Crippen LogP contribution is 2.16. The van der Waals surface area contributed by atoms with Gasteiger partial charge in [-0.15, -0.1) is 0 Å². The first-order chi connectivity index (χ1) is 11.7. The molecule has 0 amide bonds. The van der Waals surface area contributed by atoms with Gasteiger partial charge in [0.1, 0.15) is 11.7 Å². The van der Waals surface area contributed by atoms with Crippen molar-refractivity contribution in [2.75, 3.05) is 0 Å². The molecule has 0 bridgehead atoms. The van der Waals surface area contributed by atoms with Crippen LogP contribution in [-0.2, 0) is 0 Å². The van der Waals surface area contributed by atoms with Crippen LogP contribution < -0.4 is 5.73 Å². The Hall–Kier alpha value is -3.20. The molecule has 24 heavy (non-hydrogen) atoms. The van der Waals surface area contributed by atoms with Gasteiger partial charge in [-0.25, -0.2) is 9.38 Å². The van der Waals surface area contributed by atoms with Gasteiger partial charge in [-0.2, -0.15) is 0 Å². The zero-order valence-corrected chi connectivity index (χ0v) is 13.1. The number of nitrogens with two attached hydrogens (primary N) is 1. The molecule has 0 saturated heterocycles. The topological polar surface area (TPSA) is 38.4 Å². The first kappa shape index (κ1) is 15.7. The maximum atomic E-state index is 13.0. The number of rotatable bonds is 4. The van der Waals surface area contributed by atoms with Crippen molar-refractivity contribution < 1.29 is 4.39 Å². The van der Waals surface area contributed by atoms with E-state index in [0.717, 1.165) is 22.4 Å². The third-order valence-corrected chi connectivity index (χ3v) is 3.57. The molecule has 2 nitrogen and oxygen atoms in total. The molecule has 2 N–H and O–H groups in total. The summed E-state index contributed by atoms with van der Waals surface area (Å²) in [5, 5.41) is 0. The molecule has 3 rings (SSSR count).